The molecule has 1 amide bonds. The van der Waals surface area contributed by atoms with Crippen molar-refractivity contribution in [1.29, 1.82) is 0 Å². The molecule has 0 saturated carbocycles. The Kier molecular flexibility index (Phi) is 4.89. The Morgan fingerprint density at radius 3 is 2.43 bits per heavy atom. The maximum absolute atomic E-state index is 13.0. The summed E-state index contributed by atoms with van der Waals surface area (Å²) in [6.45, 7) is 5.09. The summed E-state index contributed by atoms with van der Waals surface area (Å²) in [5, 5.41) is 0. The third-order valence-electron chi connectivity index (χ3n) is 5.42. The minimum atomic E-state index is -3.56. The molecule has 0 bridgehead atoms. The van der Waals surface area contributed by atoms with Gasteiger partial charge in [-0.2, -0.15) is 4.31 Å². The van der Waals surface area contributed by atoms with Crippen molar-refractivity contribution >= 4 is 15.9 Å². The number of piperazine rings is 1. The Balaban J connectivity index is 1.41. The van der Waals surface area contributed by atoms with Crippen molar-refractivity contribution in [1.82, 2.24) is 9.21 Å². The Morgan fingerprint density at radius 1 is 1.04 bits per heavy atom. The number of amides is 1. The number of nitrogens with zero attached hydrogens (tertiary/aromatic N) is 2. The number of carbonyl (C=O) groups is 1. The molecule has 1 saturated heterocycles. The molecule has 1 unspecified atom stereocenters. The molecule has 0 N–H and O–H groups in total. The van der Waals surface area contributed by atoms with Gasteiger partial charge in [-0.05, 0) is 37.1 Å². The Hall–Kier alpha value is -2.38. The Bertz CT molecular complexity index is 986. The number of hydrogen-bond donors (Lipinski definition) is 0. The minimum Gasteiger partial charge on any atom is -0.480 e. The molecule has 0 spiro atoms. The maximum Gasteiger partial charge on any atom is 0.264 e. The van der Waals surface area contributed by atoms with Crippen LogP contribution in [0.2, 0.25) is 0 Å². The number of para-hydroxylation sites is 1. The van der Waals surface area contributed by atoms with E-state index in [1.54, 1.807) is 11.0 Å². The number of fused-ring (bicyclic) bond motifs is 1. The first-order valence-electron chi connectivity index (χ1n) is 9.47. The predicted octanol–water partition coefficient (Wildman–Crippen LogP) is 2.14. The van der Waals surface area contributed by atoms with Gasteiger partial charge in [-0.25, -0.2) is 8.42 Å². The van der Waals surface area contributed by atoms with E-state index in [9.17, 15) is 13.2 Å². The number of sulfonamides is 1. The molecule has 2 aromatic rings. The summed E-state index contributed by atoms with van der Waals surface area (Å²) in [4.78, 5) is 14.9. The van der Waals surface area contributed by atoms with Crippen LogP contribution in [-0.2, 0) is 21.2 Å². The van der Waals surface area contributed by atoms with E-state index >= 15 is 0 Å². The zero-order chi connectivity index (χ0) is 19.9. The third kappa shape index (κ3) is 3.40. The molecule has 1 fully saturated rings. The lowest BCUT2D eigenvalue weighted by Crippen LogP contribution is -2.53. The second kappa shape index (κ2) is 7.22. The summed E-state index contributed by atoms with van der Waals surface area (Å²) in [5.41, 5.74) is 2.82. The predicted molar refractivity (Wildman–Crippen MR) is 106 cm³/mol. The normalized spacial score (nSPS) is 19.9. The van der Waals surface area contributed by atoms with E-state index in [1.807, 2.05) is 50.2 Å². The fraction of sp³-hybridized carbons (Fsp3) is 0.381. The number of carbonyl (C=O) groups excluding carboxylic acids is 1. The lowest BCUT2D eigenvalue weighted by atomic mass is 10.1. The topological polar surface area (TPSA) is 66.9 Å². The first kappa shape index (κ1) is 19.0. The van der Waals surface area contributed by atoms with Gasteiger partial charge in [0.25, 0.3) is 5.91 Å². The first-order chi connectivity index (χ1) is 13.4. The Morgan fingerprint density at radius 2 is 1.75 bits per heavy atom. The van der Waals surface area contributed by atoms with Gasteiger partial charge < -0.3 is 9.64 Å². The van der Waals surface area contributed by atoms with E-state index in [4.69, 9.17) is 4.74 Å². The van der Waals surface area contributed by atoms with Crippen molar-refractivity contribution in [2.75, 3.05) is 26.2 Å². The van der Waals surface area contributed by atoms with E-state index in [-0.39, 0.29) is 5.91 Å². The summed E-state index contributed by atoms with van der Waals surface area (Å²) < 4.78 is 33.3. The van der Waals surface area contributed by atoms with Crippen LogP contribution in [0.25, 0.3) is 0 Å². The van der Waals surface area contributed by atoms with Crippen LogP contribution in [0.5, 0.6) is 5.75 Å². The number of hydrogen-bond acceptors (Lipinski definition) is 4. The molecule has 2 heterocycles. The van der Waals surface area contributed by atoms with E-state index in [0.717, 1.165) is 22.4 Å². The van der Waals surface area contributed by atoms with Crippen molar-refractivity contribution in [3.63, 3.8) is 0 Å². The van der Waals surface area contributed by atoms with Crippen LogP contribution in [-0.4, -0.2) is 55.8 Å². The summed E-state index contributed by atoms with van der Waals surface area (Å²) in [6, 6.07) is 13.0. The highest BCUT2D eigenvalue weighted by atomic mass is 32.2. The van der Waals surface area contributed by atoms with E-state index < -0.39 is 16.1 Å². The fourth-order valence-corrected chi connectivity index (χ4v) is 5.53. The summed E-state index contributed by atoms with van der Waals surface area (Å²) in [7, 11) is -3.56. The van der Waals surface area contributed by atoms with Crippen molar-refractivity contribution in [2.45, 2.75) is 31.3 Å². The van der Waals surface area contributed by atoms with E-state index in [1.165, 1.54) is 4.31 Å². The fourth-order valence-electron chi connectivity index (χ4n) is 3.90. The van der Waals surface area contributed by atoms with Crippen LogP contribution < -0.4 is 4.74 Å². The van der Waals surface area contributed by atoms with Crippen LogP contribution in [0.4, 0.5) is 0 Å². The molecule has 1 atom stereocenters. The molecule has 28 heavy (non-hydrogen) atoms. The lowest BCUT2D eigenvalue weighted by molar-refractivity contribution is -0.139. The summed E-state index contributed by atoms with van der Waals surface area (Å²) >= 11 is 0. The largest absolute Gasteiger partial charge is 0.480 e. The van der Waals surface area contributed by atoms with Gasteiger partial charge in [-0.15, -0.1) is 0 Å². The zero-order valence-corrected chi connectivity index (χ0v) is 16.9. The molecule has 7 heteroatoms. The quantitative estimate of drug-likeness (QED) is 0.792. The van der Waals surface area contributed by atoms with Gasteiger partial charge in [0.15, 0.2) is 6.10 Å². The minimum absolute atomic E-state index is 0.0697. The molecule has 148 valence electrons. The van der Waals surface area contributed by atoms with Crippen LogP contribution in [0, 0.1) is 13.8 Å². The van der Waals surface area contributed by atoms with E-state index in [0.29, 0.717) is 37.5 Å². The van der Waals surface area contributed by atoms with Gasteiger partial charge in [0.1, 0.15) is 5.75 Å². The standard InChI is InChI=1S/C21H24N2O4S/c1-15-7-8-20(16(2)13-15)28(25,26)23-11-9-22(10-12-23)21(24)19-14-17-5-3-4-6-18(17)27-19/h3-8,13,19H,9-12,14H2,1-2H3. The molecular formula is C21H24N2O4S. The molecule has 6 nitrogen and oxygen atoms in total. The number of ether oxygens (including phenoxy) is 1. The molecule has 0 aliphatic carbocycles. The van der Waals surface area contributed by atoms with Crippen molar-refractivity contribution in [2.24, 2.45) is 0 Å². The van der Waals surface area contributed by atoms with Gasteiger partial charge in [0.05, 0.1) is 4.90 Å². The van der Waals surface area contributed by atoms with Gasteiger partial charge in [-0.1, -0.05) is 35.9 Å². The SMILES string of the molecule is Cc1ccc(S(=O)(=O)N2CCN(C(=O)C3Cc4ccccc4O3)CC2)c(C)c1. The smallest absolute Gasteiger partial charge is 0.264 e. The maximum atomic E-state index is 13.0. The highest BCUT2D eigenvalue weighted by molar-refractivity contribution is 7.89. The highest BCUT2D eigenvalue weighted by Crippen LogP contribution is 2.29. The second-order valence-corrected chi connectivity index (χ2v) is 9.32. The molecule has 2 aliphatic heterocycles. The van der Waals surface area contributed by atoms with Gasteiger partial charge >= 0.3 is 0 Å². The first-order valence-corrected chi connectivity index (χ1v) is 10.9. The second-order valence-electron chi connectivity index (χ2n) is 7.42. The highest BCUT2D eigenvalue weighted by Gasteiger charge is 2.36. The lowest BCUT2D eigenvalue weighted by Gasteiger charge is -2.35. The zero-order valence-electron chi connectivity index (χ0n) is 16.1. The number of rotatable bonds is 3. The molecule has 0 radical (unpaired) electrons. The van der Waals surface area contributed by atoms with Gasteiger partial charge in [0, 0.05) is 32.6 Å². The molecule has 0 aromatic heterocycles. The summed E-state index contributed by atoms with van der Waals surface area (Å²) in [5.74, 6) is 0.691. The van der Waals surface area contributed by atoms with Crippen LogP contribution >= 0.6 is 0 Å². The number of aryl methyl sites for hydroxylation is 2. The average molecular weight is 401 g/mol. The molecule has 2 aliphatic rings. The van der Waals surface area contributed by atoms with Gasteiger partial charge in [0.2, 0.25) is 10.0 Å². The number of benzene rings is 2. The van der Waals surface area contributed by atoms with Crippen molar-refractivity contribution in [3.05, 3.63) is 59.2 Å². The molecule has 2 aromatic carbocycles. The summed E-state index contributed by atoms with van der Waals surface area (Å²) in [6.07, 6.45) is 0.0516. The van der Waals surface area contributed by atoms with Crippen molar-refractivity contribution < 1.29 is 17.9 Å². The van der Waals surface area contributed by atoms with Crippen LogP contribution in [0.1, 0.15) is 16.7 Å². The molecule has 4 rings (SSSR count). The van der Waals surface area contributed by atoms with Crippen molar-refractivity contribution in [3.8, 4) is 5.75 Å². The van der Waals surface area contributed by atoms with Crippen LogP contribution in [0.3, 0.4) is 0 Å². The Labute approximate surface area is 165 Å². The monoisotopic (exact) mass is 400 g/mol. The van der Waals surface area contributed by atoms with E-state index in [2.05, 4.69) is 0 Å². The van der Waals surface area contributed by atoms with Gasteiger partial charge in [-0.3, -0.25) is 4.79 Å². The average Bonchev–Trinajstić information content (AvgIpc) is 3.11. The third-order valence-corrected chi connectivity index (χ3v) is 7.48. The molecular weight excluding hydrogens is 376 g/mol. The van der Waals surface area contributed by atoms with Crippen LogP contribution in [0.15, 0.2) is 47.4 Å².